The van der Waals surface area contributed by atoms with Gasteiger partial charge in [-0.3, -0.25) is 0 Å². The number of nitriles is 1. The molecule has 0 amide bonds. The van der Waals surface area contributed by atoms with Crippen LogP contribution >= 0.6 is 0 Å². The fourth-order valence-corrected chi connectivity index (χ4v) is 1.27. The number of aryl methyl sites for hydroxylation is 2. The van der Waals surface area contributed by atoms with Crippen LogP contribution in [0.25, 0.3) is 0 Å². The van der Waals surface area contributed by atoms with Crippen molar-refractivity contribution in [3.63, 3.8) is 0 Å². The minimum atomic E-state index is 0. The number of halogens is 1. The van der Waals surface area contributed by atoms with Crippen molar-refractivity contribution in [2.24, 2.45) is 12.2 Å². The van der Waals surface area contributed by atoms with E-state index in [0.29, 0.717) is 6.42 Å². The Labute approximate surface area is 94.7 Å². The Morgan fingerprint density at radius 1 is 1.73 bits per heavy atom. The SMILES string of the molecule is C[n+]1ccn(CCCC#N)c1/C=N/O.[Cl-]. The van der Waals surface area contributed by atoms with Crippen molar-refractivity contribution in [2.45, 2.75) is 19.4 Å². The zero-order valence-corrected chi connectivity index (χ0v) is 9.22. The van der Waals surface area contributed by atoms with Gasteiger partial charge in [0, 0.05) is 6.42 Å². The largest absolute Gasteiger partial charge is 1.00 e. The highest BCUT2D eigenvalue weighted by molar-refractivity contribution is 5.72. The summed E-state index contributed by atoms with van der Waals surface area (Å²) in [7, 11) is 1.87. The fraction of sp³-hybridized carbons (Fsp3) is 0.444. The summed E-state index contributed by atoms with van der Waals surface area (Å²) in [5.41, 5.74) is 0. The summed E-state index contributed by atoms with van der Waals surface area (Å²) in [6.45, 7) is 0.760. The molecule has 1 aromatic heterocycles. The van der Waals surface area contributed by atoms with Crippen LogP contribution in [0.1, 0.15) is 18.7 Å². The fourth-order valence-electron chi connectivity index (χ4n) is 1.27. The number of aromatic nitrogens is 2. The van der Waals surface area contributed by atoms with E-state index in [1.807, 2.05) is 28.6 Å². The van der Waals surface area contributed by atoms with Gasteiger partial charge in [0.1, 0.15) is 12.4 Å². The van der Waals surface area contributed by atoms with Crippen molar-refractivity contribution in [3.05, 3.63) is 18.2 Å². The van der Waals surface area contributed by atoms with Gasteiger partial charge in [0.2, 0.25) is 0 Å². The van der Waals surface area contributed by atoms with Gasteiger partial charge in [-0.05, 0) is 6.42 Å². The van der Waals surface area contributed by atoms with Crippen LogP contribution in [0.2, 0.25) is 0 Å². The first kappa shape index (κ1) is 13.5. The maximum atomic E-state index is 8.45. The first-order valence-corrected chi connectivity index (χ1v) is 4.38. The van der Waals surface area contributed by atoms with E-state index in [9.17, 15) is 0 Å². The third-order valence-corrected chi connectivity index (χ3v) is 1.99. The summed E-state index contributed by atoms with van der Waals surface area (Å²) < 4.78 is 3.79. The number of unbranched alkanes of at least 4 members (excludes halogenated alkanes) is 1. The lowest BCUT2D eigenvalue weighted by Gasteiger charge is -1.95. The number of nitrogens with zero attached hydrogens (tertiary/aromatic N) is 4. The Kier molecular flexibility index (Phi) is 6.14. The van der Waals surface area contributed by atoms with Crippen molar-refractivity contribution in [1.82, 2.24) is 4.57 Å². The highest BCUT2D eigenvalue weighted by Crippen LogP contribution is 1.97. The molecule has 0 aliphatic carbocycles. The Bertz CT molecular complexity index is 367. The molecule has 0 atom stereocenters. The third kappa shape index (κ3) is 3.60. The van der Waals surface area contributed by atoms with Crippen LogP contribution in [0, 0.1) is 11.3 Å². The van der Waals surface area contributed by atoms with Crippen LogP contribution in [-0.4, -0.2) is 16.0 Å². The lowest BCUT2D eigenvalue weighted by molar-refractivity contribution is -0.671. The third-order valence-electron chi connectivity index (χ3n) is 1.99. The monoisotopic (exact) mass is 228 g/mol. The number of imidazole rings is 1. The average Bonchev–Trinajstić information content (AvgIpc) is 2.51. The minimum absolute atomic E-state index is 0. The van der Waals surface area contributed by atoms with E-state index in [0.717, 1.165) is 18.8 Å². The Morgan fingerprint density at radius 2 is 2.47 bits per heavy atom. The Balaban J connectivity index is 0.00000196. The summed E-state index contributed by atoms with van der Waals surface area (Å²) in [6.07, 6.45) is 6.50. The maximum Gasteiger partial charge on any atom is 0.303 e. The molecule has 0 saturated carbocycles. The topological polar surface area (TPSA) is 65.2 Å². The van der Waals surface area contributed by atoms with E-state index < -0.39 is 0 Å². The molecule has 0 aliphatic rings. The summed E-state index contributed by atoms with van der Waals surface area (Å²) in [5, 5.41) is 19.8. The predicted octanol–water partition coefficient (Wildman–Crippen LogP) is -2.57. The zero-order valence-electron chi connectivity index (χ0n) is 8.47. The van der Waals surface area contributed by atoms with E-state index in [1.165, 1.54) is 6.21 Å². The van der Waals surface area contributed by atoms with Gasteiger partial charge in [0.05, 0.1) is 19.7 Å². The zero-order chi connectivity index (χ0) is 10.4. The highest BCUT2D eigenvalue weighted by Gasteiger charge is 2.11. The van der Waals surface area contributed by atoms with Crippen molar-refractivity contribution in [3.8, 4) is 6.07 Å². The standard InChI is InChI=1S/C9H12N4O.ClH/c1-12-6-7-13(5-3-2-4-10)9(12)8-11-14;/h6-8H,2-3,5H2,1H3;1H. The predicted molar refractivity (Wildman–Crippen MR) is 49.8 cm³/mol. The molecule has 1 aromatic rings. The van der Waals surface area contributed by atoms with Gasteiger partial charge in [-0.25, -0.2) is 9.13 Å². The van der Waals surface area contributed by atoms with E-state index in [1.54, 1.807) is 0 Å². The van der Waals surface area contributed by atoms with Crippen LogP contribution < -0.4 is 17.0 Å². The molecule has 0 bridgehead atoms. The summed E-state index contributed by atoms with van der Waals surface area (Å²) in [6, 6.07) is 2.09. The molecule has 0 unspecified atom stereocenters. The second kappa shape index (κ2) is 6.85. The van der Waals surface area contributed by atoms with Crippen LogP contribution in [0.3, 0.4) is 0 Å². The van der Waals surface area contributed by atoms with Crippen molar-refractivity contribution < 1.29 is 22.2 Å². The van der Waals surface area contributed by atoms with Gasteiger partial charge >= 0.3 is 5.82 Å². The van der Waals surface area contributed by atoms with E-state index in [4.69, 9.17) is 10.5 Å². The molecule has 0 spiro atoms. The smallest absolute Gasteiger partial charge is 0.303 e. The molecule has 6 heteroatoms. The molecule has 82 valence electrons. The number of oxime groups is 1. The minimum Gasteiger partial charge on any atom is -1.00 e. The van der Waals surface area contributed by atoms with Crippen molar-refractivity contribution >= 4 is 6.21 Å². The highest BCUT2D eigenvalue weighted by atomic mass is 35.5. The van der Waals surface area contributed by atoms with E-state index in [-0.39, 0.29) is 12.4 Å². The van der Waals surface area contributed by atoms with Gasteiger partial charge in [0.15, 0.2) is 6.21 Å². The van der Waals surface area contributed by atoms with E-state index >= 15 is 0 Å². The van der Waals surface area contributed by atoms with Crippen LogP contribution in [0.4, 0.5) is 0 Å². The molecule has 1 heterocycles. The average molecular weight is 229 g/mol. The van der Waals surface area contributed by atoms with Crippen molar-refractivity contribution in [1.29, 1.82) is 5.26 Å². The van der Waals surface area contributed by atoms with Gasteiger partial charge < -0.3 is 17.6 Å². The van der Waals surface area contributed by atoms with E-state index in [2.05, 4.69) is 11.2 Å². The molecule has 0 aliphatic heterocycles. The molecule has 0 radical (unpaired) electrons. The number of hydrogen-bond acceptors (Lipinski definition) is 3. The molecule has 0 fully saturated rings. The van der Waals surface area contributed by atoms with Crippen LogP contribution in [-0.2, 0) is 13.6 Å². The molecule has 0 saturated heterocycles. The Hall–Kier alpha value is -1.54. The molecule has 15 heavy (non-hydrogen) atoms. The second-order valence-corrected chi connectivity index (χ2v) is 2.97. The molecule has 0 aromatic carbocycles. The van der Waals surface area contributed by atoms with Gasteiger partial charge in [-0.1, -0.05) is 5.16 Å². The molecular weight excluding hydrogens is 216 g/mol. The molecule has 5 nitrogen and oxygen atoms in total. The lowest BCUT2D eigenvalue weighted by atomic mass is 10.3. The molecular formula is C9H13ClN4O. The van der Waals surface area contributed by atoms with Gasteiger partial charge in [-0.2, -0.15) is 5.26 Å². The second-order valence-electron chi connectivity index (χ2n) is 2.97. The summed E-state index contributed by atoms with van der Waals surface area (Å²) >= 11 is 0. The lowest BCUT2D eigenvalue weighted by Crippen LogP contribution is -3.00. The van der Waals surface area contributed by atoms with Crippen LogP contribution in [0.5, 0.6) is 0 Å². The summed E-state index contributed by atoms with van der Waals surface area (Å²) in [4.78, 5) is 0. The van der Waals surface area contributed by atoms with Gasteiger partial charge in [-0.15, -0.1) is 0 Å². The first-order valence-electron chi connectivity index (χ1n) is 4.38. The maximum absolute atomic E-state index is 8.45. The Morgan fingerprint density at radius 3 is 3.07 bits per heavy atom. The molecule has 1 N–H and O–H groups in total. The number of hydrogen-bond donors (Lipinski definition) is 1. The number of rotatable bonds is 4. The quantitative estimate of drug-likeness (QED) is 0.202. The van der Waals surface area contributed by atoms with Crippen molar-refractivity contribution in [2.75, 3.05) is 0 Å². The summed E-state index contributed by atoms with van der Waals surface area (Å²) in [5.74, 6) is 0.811. The van der Waals surface area contributed by atoms with Crippen LogP contribution in [0.15, 0.2) is 17.5 Å². The molecule has 1 rings (SSSR count). The van der Waals surface area contributed by atoms with Gasteiger partial charge in [0.25, 0.3) is 0 Å². The first-order chi connectivity index (χ1) is 6.79. The normalized spacial score (nSPS) is 9.87.